The fourth-order valence-electron chi connectivity index (χ4n) is 2.44. The van der Waals surface area contributed by atoms with Gasteiger partial charge in [0.25, 0.3) is 5.91 Å². The molecule has 2 heterocycles. The maximum atomic E-state index is 12.4. The van der Waals surface area contributed by atoms with Gasteiger partial charge in [-0.2, -0.15) is 0 Å². The van der Waals surface area contributed by atoms with Gasteiger partial charge >= 0.3 is 0 Å². The number of hydrogen-bond acceptors (Lipinski definition) is 2. The second-order valence-electron chi connectivity index (χ2n) is 4.82. The van der Waals surface area contributed by atoms with E-state index in [1.54, 1.807) is 18.3 Å². The number of rotatable bonds is 2. The van der Waals surface area contributed by atoms with Crippen LogP contribution in [0.5, 0.6) is 0 Å². The highest BCUT2D eigenvalue weighted by Crippen LogP contribution is 2.25. The van der Waals surface area contributed by atoms with Gasteiger partial charge in [-0.3, -0.25) is 4.79 Å². The quantitative estimate of drug-likeness (QED) is 0.786. The lowest BCUT2D eigenvalue weighted by Crippen LogP contribution is -2.38. The molecule has 17 heavy (non-hydrogen) atoms. The number of pyridine rings is 1. The molecular weight excluding hydrogens is 280 g/mol. The molecule has 0 spiro atoms. The van der Waals surface area contributed by atoms with Gasteiger partial charge in [-0.1, -0.05) is 13.8 Å². The van der Waals surface area contributed by atoms with E-state index in [-0.39, 0.29) is 5.91 Å². The zero-order chi connectivity index (χ0) is 12.4. The molecule has 0 bridgehead atoms. The Balaban J connectivity index is 2.20. The molecule has 2 rings (SSSR count). The summed E-state index contributed by atoms with van der Waals surface area (Å²) in [5.41, 5.74) is 0.722. The van der Waals surface area contributed by atoms with Gasteiger partial charge in [-0.25, -0.2) is 4.98 Å². The number of carbonyl (C=O) groups excluding carboxylic acids is 1. The van der Waals surface area contributed by atoms with E-state index >= 15 is 0 Å². The molecule has 1 unspecified atom stereocenters. The minimum atomic E-state index is 0.129. The van der Waals surface area contributed by atoms with Gasteiger partial charge in [0.05, 0.1) is 0 Å². The Hall–Kier alpha value is -0.900. The van der Waals surface area contributed by atoms with E-state index in [4.69, 9.17) is 0 Å². The van der Waals surface area contributed by atoms with Crippen molar-refractivity contribution in [3.05, 3.63) is 28.5 Å². The smallest absolute Gasteiger partial charge is 0.254 e. The summed E-state index contributed by atoms with van der Waals surface area (Å²) < 4.78 is 0.712. The third kappa shape index (κ3) is 2.68. The van der Waals surface area contributed by atoms with E-state index < -0.39 is 0 Å². The number of aromatic nitrogens is 1. The molecule has 1 aliphatic heterocycles. The number of carbonyl (C=O) groups is 1. The summed E-state index contributed by atoms with van der Waals surface area (Å²) in [6, 6.07) is 3.95. The summed E-state index contributed by atoms with van der Waals surface area (Å²) in [4.78, 5) is 18.4. The Morgan fingerprint density at radius 2 is 2.35 bits per heavy atom. The van der Waals surface area contributed by atoms with Crippen LogP contribution in [0.15, 0.2) is 22.9 Å². The maximum Gasteiger partial charge on any atom is 0.254 e. The van der Waals surface area contributed by atoms with Crippen LogP contribution in [-0.4, -0.2) is 28.4 Å². The van der Waals surface area contributed by atoms with Crippen molar-refractivity contribution >= 4 is 21.8 Å². The number of nitrogens with zero attached hydrogens (tertiary/aromatic N) is 2. The largest absolute Gasteiger partial charge is 0.335 e. The molecule has 3 nitrogen and oxygen atoms in total. The normalized spacial score (nSPS) is 20.0. The van der Waals surface area contributed by atoms with Crippen molar-refractivity contribution in [2.45, 2.75) is 32.7 Å². The van der Waals surface area contributed by atoms with E-state index in [1.807, 2.05) is 4.90 Å². The van der Waals surface area contributed by atoms with Crippen LogP contribution in [-0.2, 0) is 0 Å². The Morgan fingerprint density at radius 3 is 3.00 bits per heavy atom. The van der Waals surface area contributed by atoms with Crippen molar-refractivity contribution in [1.29, 1.82) is 0 Å². The van der Waals surface area contributed by atoms with Crippen molar-refractivity contribution < 1.29 is 4.79 Å². The van der Waals surface area contributed by atoms with Gasteiger partial charge in [-0.15, -0.1) is 0 Å². The summed E-state index contributed by atoms with van der Waals surface area (Å²) in [6.45, 7) is 5.24. The Morgan fingerprint density at radius 1 is 1.59 bits per heavy atom. The monoisotopic (exact) mass is 296 g/mol. The first-order valence-corrected chi connectivity index (χ1v) is 6.81. The highest BCUT2D eigenvalue weighted by Gasteiger charge is 2.31. The molecule has 1 aromatic heterocycles. The van der Waals surface area contributed by atoms with E-state index in [0.717, 1.165) is 24.9 Å². The van der Waals surface area contributed by atoms with Crippen LogP contribution >= 0.6 is 15.9 Å². The van der Waals surface area contributed by atoms with E-state index in [9.17, 15) is 4.79 Å². The predicted molar refractivity (Wildman–Crippen MR) is 70.8 cm³/mol. The zero-order valence-corrected chi connectivity index (χ0v) is 11.8. The average Bonchev–Trinajstić information content (AvgIpc) is 2.77. The highest BCUT2D eigenvalue weighted by atomic mass is 79.9. The van der Waals surface area contributed by atoms with Crippen molar-refractivity contribution in [2.75, 3.05) is 6.54 Å². The molecule has 1 aromatic rings. The molecule has 1 saturated heterocycles. The first-order chi connectivity index (χ1) is 8.09. The molecule has 0 aliphatic carbocycles. The Kier molecular flexibility index (Phi) is 3.82. The summed E-state index contributed by atoms with van der Waals surface area (Å²) in [7, 11) is 0. The summed E-state index contributed by atoms with van der Waals surface area (Å²) in [5.74, 6) is 0.649. The van der Waals surface area contributed by atoms with E-state index in [0.29, 0.717) is 16.6 Å². The number of amides is 1. The van der Waals surface area contributed by atoms with Crippen molar-refractivity contribution in [2.24, 2.45) is 5.92 Å². The van der Waals surface area contributed by atoms with Crippen molar-refractivity contribution in [1.82, 2.24) is 9.88 Å². The van der Waals surface area contributed by atoms with Crippen LogP contribution in [0.4, 0.5) is 0 Å². The lowest BCUT2D eigenvalue weighted by molar-refractivity contribution is 0.0701. The Bertz CT molecular complexity index is 420. The second kappa shape index (κ2) is 5.17. The topological polar surface area (TPSA) is 33.2 Å². The number of halogens is 1. The predicted octanol–water partition coefficient (Wildman–Crippen LogP) is 3.10. The first kappa shape index (κ1) is 12.6. The third-order valence-electron chi connectivity index (χ3n) is 3.30. The standard InChI is InChI=1S/C13H17BrN2O/c1-9(2)11-4-3-7-16(11)13(17)10-5-6-15-12(14)8-10/h5-6,8-9,11H,3-4,7H2,1-2H3. The van der Waals surface area contributed by atoms with Crippen LogP contribution in [0.1, 0.15) is 37.0 Å². The molecule has 1 aliphatic rings. The van der Waals surface area contributed by atoms with Gasteiger partial charge in [0.1, 0.15) is 4.60 Å². The van der Waals surface area contributed by atoms with Crippen molar-refractivity contribution in [3.63, 3.8) is 0 Å². The summed E-state index contributed by atoms with van der Waals surface area (Å²) in [5, 5.41) is 0. The third-order valence-corrected chi connectivity index (χ3v) is 3.74. The molecule has 0 N–H and O–H groups in total. The lowest BCUT2D eigenvalue weighted by atomic mass is 10.0. The molecule has 0 radical (unpaired) electrons. The van der Waals surface area contributed by atoms with Crippen LogP contribution in [0, 0.1) is 5.92 Å². The van der Waals surface area contributed by atoms with E-state index in [2.05, 4.69) is 34.8 Å². The fraction of sp³-hybridized carbons (Fsp3) is 0.538. The van der Waals surface area contributed by atoms with Gasteiger partial charge in [0, 0.05) is 24.3 Å². The average molecular weight is 297 g/mol. The van der Waals surface area contributed by atoms with Gasteiger partial charge in [-0.05, 0) is 46.8 Å². The first-order valence-electron chi connectivity index (χ1n) is 6.02. The molecule has 92 valence electrons. The minimum absolute atomic E-state index is 0.129. The van der Waals surface area contributed by atoms with Crippen LogP contribution in [0.3, 0.4) is 0 Å². The van der Waals surface area contributed by atoms with E-state index in [1.165, 1.54) is 0 Å². The van der Waals surface area contributed by atoms with Crippen molar-refractivity contribution in [3.8, 4) is 0 Å². The van der Waals surface area contributed by atoms with Crippen LogP contribution in [0.2, 0.25) is 0 Å². The molecular formula is C13H17BrN2O. The lowest BCUT2D eigenvalue weighted by Gasteiger charge is -2.27. The summed E-state index contributed by atoms with van der Waals surface area (Å²) >= 11 is 3.30. The van der Waals surface area contributed by atoms with Crippen LogP contribution in [0.25, 0.3) is 0 Å². The zero-order valence-electron chi connectivity index (χ0n) is 10.2. The maximum absolute atomic E-state index is 12.4. The molecule has 1 fully saturated rings. The SMILES string of the molecule is CC(C)C1CCCN1C(=O)c1ccnc(Br)c1. The highest BCUT2D eigenvalue weighted by molar-refractivity contribution is 9.10. The van der Waals surface area contributed by atoms with Gasteiger partial charge in [0.15, 0.2) is 0 Å². The Labute approximate surface area is 110 Å². The van der Waals surface area contributed by atoms with Crippen LogP contribution < -0.4 is 0 Å². The summed E-state index contributed by atoms with van der Waals surface area (Å²) in [6.07, 6.45) is 3.90. The van der Waals surface area contributed by atoms with Gasteiger partial charge in [0.2, 0.25) is 0 Å². The second-order valence-corrected chi connectivity index (χ2v) is 5.63. The molecule has 1 amide bonds. The molecule has 0 saturated carbocycles. The molecule has 4 heteroatoms. The molecule has 0 aromatic carbocycles. The fourth-order valence-corrected chi connectivity index (χ4v) is 2.80. The van der Waals surface area contributed by atoms with Gasteiger partial charge < -0.3 is 4.90 Å². The minimum Gasteiger partial charge on any atom is -0.335 e. The number of hydrogen-bond donors (Lipinski definition) is 0. The molecule has 1 atom stereocenters. The number of likely N-dealkylation sites (tertiary alicyclic amines) is 1.